The summed E-state index contributed by atoms with van der Waals surface area (Å²) in [6.45, 7) is 5.23. The molecule has 2 saturated heterocycles. The summed E-state index contributed by atoms with van der Waals surface area (Å²) in [7, 11) is 0. The van der Waals surface area contributed by atoms with Gasteiger partial charge in [0, 0.05) is 13.1 Å². The van der Waals surface area contributed by atoms with Crippen LogP contribution in [0.2, 0.25) is 0 Å². The van der Waals surface area contributed by atoms with Crippen molar-refractivity contribution in [2.24, 2.45) is 5.92 Å². The van der Waals surface area contributed by atoms with Crippen molar-refractivity contribution in [1.29, 1.82) is 0 Å². The maximum absolute atomic E-state index is 12.5. The van der Waals surface area contributed by atoms with Gasteiger partial charge in [-0.3, -0.25) is 4.79 Å². The van der Waals surface area contributed by atoms with Crippen molar-refractivity contribution in [3.8, 4) is 0 Å². The highest BCUT2D eigenvalue weighted by Crippen LogP contribution is 2.21. The normalized spacial score (nSPS) is 30.6. The molecular weight excluding hydrogens is 224 g/mol. The number of amides is 1. The lowest BCUT2D eigenvalue weighted by Gasteiger charge is -2.35. The van der Waals surface area contributed by atoms with Gasteiger partial charge in [-0.1, -0.05) is 32.6 Å². The van der Waals surface area contributed by atoms with E-state index in [1.54, 1.807) is 0 Å². The smallest absolute Gasteiger partial charge is 0.239 e. The summed E-state index contributed by atoms with van der Waals surface area (Å²) in [4.78, 5) is 14.7. The van der Waals surface area contributed by atoms with Gasteiger partial charge in [0.15, 0.2) is 0 Å². The predicted molar refractivity (Wildman–Crippen MR) is 74.5 cm³/mol. The van der Waals surface area contributed by atoms with Crippen LogP contribution in [0.1, 0.15) is 58.3 Å². The van der Waals surface area contributed by atoms with E-state index < -0.39 is 0 Å². The molecule has 0 aromatic rings. The number of carbonyl (C=O) groups is 1. The SMILES string of the molecule is CCC1CCCN(C(=O)C2CCCCCCN2)C1. The Morgan fingerprint density at radius 3 is 2.83 bits per heavy atom. The molecule has 0 aliphatic carbocycles. The minimum absolute atomic E-state index is 0.0981. The quantitative estimate of drug-likeness (QED) is 0.819. The molecule has 2 heterocycles. The van der Waals surface area contributed by atoms with Crippen LogP contribution >= 0.6 is 0 Å². The molecule has 0 spiro atoms. The van der Waals surface area contributed by atoms with Crippen LogP contribution in [0.25, 0.3) is 0 Å². The highest BCUT2D eigenvalue weighted by molar-refractivity contribution is 5.82. The summed E-state index contributed by atoms with van der Waals surface area (Å²) < 4.78 is 0. The Bertz CT molecular complexity index is 255. The Kier molecular flexibility index (Phi) is 5.48. The van der Waals surface area contributed by atoms with E-state index in [9.17, 15) is 4.79 Å². The Morgan fingerprint density at radius 1 is 1.17 bits per heavy atom. The average molecular weight is 252 g/mol. The van der Waals surface area contributed by atoms with Crippen LogP contribution in [0.5, 0.6) is 0 Å². The molecule has 0 aromatic carbocycles. The first-order valence-electron chi connectivity index (χ1n) is 7.83. The molecular formula is C15H28N2O. The third-order valence-electron chi connectivity index (χ3n) is 4.52. The third-order valence-corrected chi connectivity index (χ3v) is 4.52. The Morgan fingerprint density at radius 2 is 2.00 bits per heavy atom. The lowest BCUT2D eigenvalue weighted by Crippen LogP contribution is -2.50. The number of carbonyl (C=O) groups excluding carboxylic acids is 1. The third kappa shape index (κ3) is 3.71. The number of nitrogens with one attached hydrogen (secondary N) is 1. The minimum atomic E-state index is 0.0981. The van der Waals surface area contributed by atoms with Crippen molar-refractivity contribution in [3.63, 3.8) is 0 Å². The second-order valence-corrected chi connectivity index (χ2v) is 5.91. The topological polar surface area (TPSA) is 32.3 Å². The van der Waals surface area contributed by atoms with Crippen LogP contribution in [0, 0.1) is 5.92 Å². The molecule has 2 aliphatic heterocycles. The molecule has 2 rings (SSSR count). The van der Waals surface area contributed by atoms with Gasteiger partial charge in [-0.2, -0.15) is 0 Å². The number of hydrogen-bond donors (Lipinski definition) is 1. The maximum Gasteiger partial charge on any atom is 0.239 e. The Labute approximate surface area is 111 Å². The van der Waals surface area contributed by atoms with Gasteiger partial charge < -0.3 is 10.2 Å². The predicted octanol–water partition coefficient (Wildman–Crippen LogP) is 2.56. The van der Waals surface area contributed by atoms with Gasteiger partial charge in [-0.15, -0.1) is 0 Å². The van der Waals surface area contributed by atoms with Crippen LogP contribution in [-0.4, -0.2) is 36.5 Å². The highest BCUT2D eigenvalue weighted by atomic mass is 16.2. The standard InChI is InChI=1S/C15H28N2O/c1-2-13-8-7-11-17(12-13)15(18)14-9-5-3-4-6-10-16-14/h13-14,16H,2-12H2,1H3. The van der Waals surface area contributed by atoms with Crippen LogP contribution < -0.4 is 5.32 Å². The monoisotopic (exact) mass is 252 g/mol. The number of piperidine rings is 1. The summed E-state index contributed by atoms with van der Waals surface area (Å²) in [6, 6.07) is 0.0981. The highest BCUT2D eigenvalue weighted by Gasteiger charge is 2.28. The zero-order chi connectivity index (χ0) is 12.8. The van der Waals surface area contributed by atoms with E-state index in [4.69, 9.17) is 0 Å². The molecule has 3 heteroatoms. The molecule has 0 radical (unpaired) electrons. The molecule has 2 fully saturated rings. The van der Waals surface area contributed by atoms with Crippen LogP contribution in [0.15, 0.2) is 0 Å². The second-order valence-electron chi connectivity index (χ2n) is 5.91. The minimum Gasteiger partial charge on any atom is -0.341 e. The van der Waals surface area contributed by atoms with Gasteiger partial charge in [-0.25, -0.2) is 0 Å². The summed E-state index contributed by atoms with van der Waals surface area (Å²) in [5.41, 5.74) is 0. The van der Waals surface area contributed by atoms with Crippen LogP contribution in [0.4, 0.5) is 0 Å². The first-order valence-corrected chi connectivity index (χ1v) is 7.83. The second kappa shape index (κ2) is 7.13. The molecule has 1 amide bonds. The van der Waals surface area contributed by atoms with E-state index in [-0.39, 0.29) is 6.04 Å². The lowest BCUT2D eigenvalue weighted by atomic mass is 9.94. The van der Waals surface area contributed by atoms with Crippen molar-refractivity contribution in [2.45, 2.75) is 64.3 Å². The zero-order valence-electron chi connectivity index (χ0n) is 11.8. The van der Waals surface area contributed by atoms with Crippen LogP contribution in [0.3, 0.4) is 0 Å². The largest absolute Gasteiger partial charge is 0.341 e. The molecule has 0 saturated carbocycles. The molecule has 1 N–H and O–H groups in total. The van der Waals surface area contributed by atoms with E-state index in [1.165, 1.54) is 44.9 Å². The molecule has 2 aliphatic rings. The first kappa shape index (κ1) is 13.9. The zero-order valence-corrected chi connectivity index (χ0v) is 11.8. The lowest BCUT2D eigenvalue weighted by molar-refractivity contribution is -0.135. The van der Waals surface area contributed by atoms with Crippen LogP contribution in [-0.2, 0) is 4.79 Å². The van der Waals surface area contributed by atoms with E-state index in [2.05, 4.69) is 17.1 Å². The van der Waals surface area contributed by atoms with Gasteiger partial charge >= 0.3 is 0 Å². The maximum atomic E-state index is 12.5. The molecule has 3 nitrogen and oxygen atoms in total. The fourth-order valence-corrected chi connectivity index (χ4v) is 3.24. The van der Waals surface area contributed by atoms with E-state index in [0.717, 1.165) is 32.0 Å². The number of nitrogens with zero attached hydrogens (tertiary/aromatic N) is 1. The van der Waals surface area contributed by atoms with Gasteiger partial charge in [0.1, 0.15) is 0 Å². The van der Waals surface area contributed by atoms with Gasteiger partial charge in [0.25, 0.3) is 0 Å². The summed E-state index contributed by atoms with van der Waals surface area (Å²) in [5.74, 6) is 1.10. The number of rotatable bonds is 2. The molecule has 0 aromatic heterocycles. The van der Waals surface area contributed by atoms with E-state index in [1.807, 2.05) is 0 Å². The summed E-state index contributed by atoms with van der Waals surface area (Å²) in [6.07, 6.45) is 9.78. The van der Waals surface area contributed by atoms with Gasteiger partial charge in [-0.05, 0) is 38.1 Å². The molecule has 2 unspecified atom stereocenters. The van der Waals surface area contributed by atoms with Gasteiger partial charge in [0.05, 0.1) is 6.04 Å². The first-order chi connectivity index (χ1) is 8.81. The van der Waals surface area contributed by atoms with E-state index >= 15 is 0 Å². The molecule has 0 bridgehead atoms. The van der Waals surface area contributed by atoms with Crippen molar-refractivity contribution in [1.82, 2.24) is 10.2 Å². The Balaban J connectivity index is 1.87. The van der Waals surface area contributed by atoms with Gasteiger partial charge in [0.2, 0.25) is 5.91 Å². The average Bonchev–Trinajstić information content (AvgIpc) is 2.38. The fourth-order valence-electron chi connectivity index (χ4n) is 3.24. The number of hydrogen-bond acceptors (Lipinski definition) is 2. The molecule has 104 valence electrons. The Hall–Kier alpha value is -0.570. The molecule has 18 heavy (non-hydrogen) atoms. The molecule has 2 atom stereocenters. The van der Waals surface area contributed by atoms with Crippen molar-refractivity contribution < 1.29 is 4.79 Å². The van der Waals surface area contributed by atoms with Crippen molar-refractivity contribution in [3.05, 3.63) is 0 Å². The summed E-state index contributed by atoms with van der Waals surface area (Å²) >= 11 is 0. The van der Waals surface area contributed by atoms with E-state index in [0.29, 0.717) is 5.91 Å². The number of likely N-dealkylation sites (tertiary alicyclic amines) is 1. The fraction of sp³-hybridized carbons (Fsp3) is 0.933. The van der Waals surface area contributed by atoms with Crippen molar-refractivity contribution >= 4 is 5.91 Å². The summed E-state index contributed by atoms with van der Waals surface area (Å²) in [5, 5.41) is 3.46. The van der Waals surface area contributed by atoms with Crippen molar-refractivity contribution in [2.75, 3.05) is 19.6 Å².